The summed E-state index contributed by atoms with van der Waals surface area (Å²) in [6.45, 7) is 4.88. The second kappa shape index (κ2) is 15.1. The molecule has 0 radical (unpaired) electrons. The summed E-state index contributed by atoms with van der Waals surface area (Å²) in [5, 5.41) is 8.05. The highest BCUT2D eigenvalue weighted by Crippen LogP contribution is 1.83. The Bertz CT molecular complexity index is 205. The number of carbonyl (C=O) groups is 1. The molecule has 0 amide bonds. The summed E-state index contributed by atoms with van der Waals surface area (Å²) >= 11 is 0. The van der Waals surface area contributed by atoms with Gasteiger partial charge in [-0.3, -0.25) is 0 Å². The Labute approximate surface area is 91.7 Å². The average molecular weight is 212 g/mol. The van der Waals surface area contributed by atoms with Gasteiger partial charge in [0.1, 0.15) is 6.61 Å². The zero-order chi connectivity index (χ0) is 11.9. The van der Waals surface area contributed by atoms with Crippen LogP contribution in [0.3, 0.4) is 0 Å². The molecule has 2 N–H and O–H groups in total. The number of unbranched alkanes of at least 4 members (excludes halogenated alkanes) is 1. The first-order valence-electron chi connectivity index (χ1n) is 5.09. The number of nitrogens with zero attached hydrogens (tertiary/aromatic N) is 1. The van der Waals surface area contributed by atoms with Crippen LogP contribution in [-0.4, -0.2) is 19.1 Å². The highest BCUT2D eigenvalue weighted by Gasteiger charge is 1.92. The van der Waals surface area contributed by atoms with Crippen LogP contribution in [0.15, 0.2) is 12.2 Å². The van der Waals surface area contributed by atoms with E-state index in [-0.39, 0.29) is 13.0 Å². The molecular weight excluding hydrogens is 192 g/mol. The first kappa shape index (κ1) is 16.1. The minimum absolute atomic E-state index is 0.180. The van der Waals surface area contributed by atoms with Gasteiger partial charge in [0.25, 0.3) is 0 Å². The van der Waals surface area contributed by atoms with Crippen molar-refractivity contribution in [3.05, 3.63) is 12.2 Å². The minimum Gasteiger partial charge on any atom is -0.461 e. The van der Waals surface area contributed by atoms with Crippen LogP contribution in [0.2, 0.25) is 0 Å². The molecule has 0 bridgehead atoms. The molecule has 4 heteroatoms. The number of carbonyl (C=O) groups excluding carboxylic acids is 1. The Kier molecular flexibility index (Phi) is 16.3. The number of allylic oxidation sites excluding steroid dienone is 1. The number of nitrogens with two attached hydrogens (primary N) is 1. The van der Waals surface area contributed by atoms with Crippen LogP contribution < -0.4 is 5.73 Å². The van der Waals surface area contributed by atoms with Gasteiger partial charge in [0.15, 0.2) is 0 Å². The van der Waals surface area contributed by atoms with Gasteiger partial charge in [0.05, 0.1) is 12.5 Å². The number of hydrogen-bond donors (Lipinski definition) is 1. The molecule has 15 heavy (non-hydrogen) atoms. The molecule has 0 atom stereocenters. The normalized spacial score (nSPS) is 8.93. The summed E-state index contributed by atoms with van der Waals surface area (Å²) in [5.41, 5.74) is 5.14. The Morgan fingerprint density at radius 2 is 2.27 bits per heavy atom. The van der Waals surface area contributed by atoms with E-state index in [0.29, 0.717) is 0 Å². The molecule has 0 fully saturated rings. The van der Waals surface area contributed by atoms with E-state index in [1.807, 2.05) is 6.07 Å². The maximum Gasteiger partial charge on any atom is 0.330 e. The highest BCUT2D eigenvalue weighted by atomic mass is 16.5. The predicted molar refractivity (Wildman–Crippen MR) is 60.0 cm³/mol. The maximum absolute atomic E-state index is 10.5. The summed E-state index contributed by atoms with van der Waals surface area (Å²) in [6, 6.07) is 1.86. The fourth-order valence-corrected chi connectivity index (χ4v) is 0.586. The average Bonchev–Trinajstić information content (AvgIpc) is 2.21. The largest absolute Gasteiger partial charge is 0.461 e. The molecule has 0 unspecified atom stereocenters. The minimum atomic E-state index is -0.391. The van der Waals surface area contributed by atoms with E-state index in [0.717, 1.165) is 6.54 Å². The standard InChI is InChI=1S/C7H9NO2.C4H11N/c1-2-4-7(9)10-6-3-5-8;1-2-3-4-5/h2,4H,3,6H2,1H3;2-5H2,1H3. The second-order valence-electron chi connectivity index (χ2n) is 2.72. The zero-order valence-electron chi connectivity index (χ0n) is 9.53. The summed E-state index contributed by atoms with van der Waals surface area (Å²) < 4.78 is 4.57. The molecule has 0 heterocycles. The van der Waals surface area contributed by atoms with Gasteiger partial charge in [0.2, 0.25) is 0 Å². The zero-order valence-corrected chi connectivity index (χ0v) is 9.53. The van der Waals surface area contributed by atoms with Crippen molar-refractivity contribution in [3.63, 3.8) is 0 Å². The molecular formula is C11H20N2O2. The van der Waals surface area contributed by atoms with Crippen LogP contribution in [-0.2, 0) is 9.53 Å². The Morgan fingerprint density at radius 1 is 1.60 bits per heavy atom. The first-order chi connectivity index (χ1) is 7.22. The lowest BCUT2D eigenvalue weighted by atomic mass is 10.3. The molecule has 86 valence electrons. The maximum atomic E-state index is 10.5. The van der Waals surface area contributed by atoms with Gasteiger partial charge in [-0.05, 0) is 19.9 Å². The van der Waals surface area contributed by atoms with Gasteiger partial charge in [0, 0.05) is 6.08 Å². The summed E-state index contributed by atoms with van der Waals surface area (Å²) in [5.74, 6) is -0.391. The third-order valence-corrected chi connectivity index (χ3v) is 1.32. The third-order valence-electron chi connectivity index (χ3n) is 1.32. The van der Waals surface area contributed by atoms with E-state index < -0.39 is 5.97 Å². The van der Waals surface area contributed by atoms with E-state index in [1.165, 1.54) is 18.9 Å². The van der Waals surface area contributed by atoms with Crippen molar-refractivity contribution >= 4 is 5.97 Å². The molecule has 0 aromatic carbocycles. The SMILES string of the molecule is CC=CC(=O)OCCC#N.CCCCN. The quantitative estimate of drug-likeness (QED) is 0.428. The topological polar surface area (TPSA) is 76.1 Å². The molecule has 0 saturated heterocycles. The molecule has 0 aliphatic rings. The molecule has 0 aromatic heterocycles. The molecule has 0 saturated carbocycles. The lowest BCUT2D eigenvalue weighted by Crippen LogP contribution is -2.00. The van der Waals surface area contributed by atoms with Crippen LogP contribution >= 0.6 is 0 Å². The molecule has 4 nitrogen and oxygen atoms in total. The van der Waals surface area contributed by atoms with Gasteiger partial charge >= 0.3 is 5.97 Å². The lowest BCUT2D eigenvalue weighted by molar-refractivity contribution is -0.137. The Morgan fingerprint density at radius 3 is 2.60 bits per heavy atom. The van der Waals surface area contributed by atoms with E-state index in [4.69, 9.17) is 11.0 Å². The van der Waals surface area contributed by atoms with E-state index in [1.54, 1.807) is 13.0 Å². The summed E-state index contributed by atoms with van der Waals surface area (Å²) in [7, 11) is 0. The predicted octanol–water partition coefficient (Wildman–Crippen LogP) is 1.76. The van der Waals surface area contributed by atoms with Crippen molar-refractivity contribution in [2.75, 3.05) is 13.2 Å². The molecule has 0 spiro atoms. The Hall–Kier alpha value is -1.34. The summed E-state index contributed by atoms with van der Waals surface area (Å²) in [6.07, 6.45) is 5.55. The van der Waals surface area contributed by atoms with Crippen molar-refractivity contribution in [2.24, 2.45) is 5.73 Å². The number of nitriles is 1. The number of rotatable bonds is 5. The van der Waals surface area contributed by atoms with Crippen molar-refractivity contribution in [2.45, 2.75) is 33.1 Å². The van der Waals surface area contributed by atoms with Gasteiger partial charge in [-0.15, -0.1) is 0 Å². The smallest absolute Gasteiger partial charge is 0.330 e. The van der Waals surface area contributed by atoms with Crippen molar-refractivity contribution in [3.8, 4) is 6.07 Å². The Balaban J connectivity index is 0. The van der Waals surface area contributed by atoms with E-state index in [2.05, 4.69) is 11.7 Å². The highest BCUT2D eigenvalue weighted by molar-refractivity contribution is 5.81. The fourth-order valence-electron chi connectivity index (χ4n) is 0.586. The van der Waals surface area contributed by atoms with Crippen molar-refractivity contribution in [1.29, 1.82) is 5.26 Å². The third kappa shape index (κ3) is 19.2. The van der Waals surface area contributed by atoms with Gasteiger partial charge in [-0.25, -0.2) is 4.79 Å². The number of ether oxygens (including phenoxy) is 1. The van der Waals surface area contributed by atoms with Crippen LogP contribution in [0, 0.1) is 11.3 Å². The van der Waals surface area contributed by atoms with Crippen molar-refractivity contribution in [1.82, 2.24) is 0 Å². The van der Waals surface area contributed by atoms with Crippen LogP contribution in [0.25, 0.3) is 0 Å². The van der Waals surface area contributed by atoms with Crippen LogP contribution in [0.1, 0.15) is 33.1 Å². The monoisotopic (exact) mass is 212 g/mol. The lowest BCUT2D eigenvalue weighted by Gasteiger charge is -1.94. The summed E-state index contributed by atoms with van der Waals surface area (Å²) in [4.78, 5) is 10.5. The van der Waals surface area contributed by atoms with Gasteiger partial charge in [-0.2, -0.15) is 5.26 Å². The van der Waals surface area contributed by atoms with Gasteiger partial charge in [-0.1, -0.05) is 19.4 Å². The van der Waals surface area contributed by atoms with Crippen LogP contribution in [0.4, 0.5) is 0 Å². The molecule has 0 aromatic rings. The second-order valence-corrected chi connectivity index (χ2v) is 2.72. The van der Waals surface area contributed by atoms with Crippen molar-refractivity contribution < 1.29 is 9.53 Å². The van der Waals surface area contributed by atoms with Gasteiger partial charge < -0.3 is 10.5 Å². The fraction of sp³-hybridized carbons (Fsp3) is 0.636. The first-order valence-corrected chi connectivity index (χ1v) is 5.09. The number of hydrogen-bond acceptors (Lipinski definition) is 4. The molecule has 0 aliphatic heterocycles. The van der Waals surface area contributed by atoms with E-state index in [9.17, 15) is 4.79 Å². The van der Waals surface area contributed by atoms with Crippen LogP contribution in [0.5, 0.6) is 0 Å². The van der Waals surface area contributed by atoms with E-state index >= 15 is 0 Å². The molecule has 0 aliphatic carbocycles. The molecule has 0 rings (SSSR count). The number of esters is 1.